The lowest BCUT2D eigenvalue weighted by Crippen LogP contribution is -2.14. The van der Waals surface area contributed by atoms with E-state index in [1.807, 2.05) is 48.5 Å². The summed E-state index contributed by atoms with van der Waals surface area (Å²) in [6.07, 6.45) is 4.48. The van der Waals surface area contributed by atoms with Crippen molar-refractivity contribution in [2.75, 3.05) is 12.4 Å². The number of nitriles is 1. The van der Waals surface area contributed by atoms with Crippen LogP contribution in [0.1, 0.15) is 15.9 Å². The summed E-state index contributed by atoms with van der Waals surface area (Å²) in [4.78, 5) is 21.7. The third-order valence-electron chi connectivity index (χ3n) is 5.30. The molecule has 10 heteroatoms. The van der Waals surface area contributed by atoms with Crippen LogP contribution in [0.5, 0.6) is 5.75 Å². The Balaban J connectivity index is 1.63. The number of amides is 1. The zero-order chi connectivity index (χ0) is 24.9. The molecule has 5 aromatic rings. The maximum absolute atomic E-state index is 13.4. The first kappa shape index (κ1) is 22.4. The highest BCUT2D eigenvalue weighted by Crippen LogP contribution is 2.39. The van der Waals surface area contributed by atoms with Crippen LogP contribution in [0.4, 0.5) is 17.2 Å². The van der Waals surface area contributed by atoms with E-state index in [0.29, 0.717) is 22.3 Å². The van der Waals surface area contributed by atoms with Gasteiger partial charge < -0.3 is 10.1 Å². The van der Waals surface area contributed by atoms with Crippen molar-refractivity contribution in [3.63, 3.8) is 0 Å². The monoisotopic (exact) mass is 474 g/mol. The van der Waals surface area contributed by atoms with E-state index < -0.39 is 0 Å². The minimum absolute atomic E-state index is 0.147. The van der Waals surface area contributed by atoms with Gasteiger partial charge in [-0.15, -0.1) is 10.2 Å². The van der Waals surface area contributed by atoms with E-state index in [1.165, 1.54) is 18.0 Å². The molecule has 0 bridgehead atoms. The van der Waals surface area contributed by atoms with Gasteiger partial charge >= 0.3 is 0 Å². The Morgan fingerprint density at radius 2 is 1.78 bits per heavy atom. The molecule has 0 saturated heterocycles. The van der Waals surface area contributed by atoms with E-state index >= 15 is 0 Å². The summed E-state index contributed by atoms with van der Waals surface area (Å²) in [5, 5.41) is 26.8. The van der Waals surface area contributed by atoms with Gasteiger partial charge in [0.2, 0.25) is 0 Å². The number of nitrogens with one attached hydrogen (secondary N) is 1. The topological polar surface area (TPSA) is 130 Å². The highest BCUT2D eigenvalue weighted by Gasteiger charge is 2.21. The molecule has 36 heavy (non-hydrogen) atoms. The molecule has 0 fully saturated rings. The van der Waals surface area contributed by atoms with Crippen LogP contribution in [0, 0.1) is 11.3 Å². The number of carbonyl (C=O) groups is 1. The van der Waals surface area contributed by atoms with Gasteiger partial charge in [0.1, 0.15) is 17.3 Å². The minimum Gasteiger partial charge on any atom is -0.494 e. The highest BCUT2D eigenvalue weighted by molar-refractivity contribution is 6.16. The van der Waals surface area contributed by atoms with Gasteiger partial charge in [0.25, 0.3) is 11.9 Å². The number of benzene rings is 3. The Morgan fingerprint density at radius 1 is 1.03 bits per heavy atom. The van der Waals surface area contributed by atoms with Gasteiger partial charge in [0, 0.05) is 18.1 Å². The van der Waals surface area contributed by atoms with Gasteiger partial charge in [-0.2, -0.15) is 15.0 Å². The van der Waals surface area contributed by atoms with Crippen LogP contribution in [0.15, 0.2) is 95.5 Å². The molecule has 0 atom stereocenters. The van der Waals surface area contributed by atoms with Crippen LogP contribution < -0.4 is 10.1 Å². The first-order valence-electron chi connectivity index (χ1n) is 10.8. The Hall–Kier alpha value is -5.43. The molecule has 2 aromatic heterocycles. The third-order valence-corrected chi connectivity index (χ3v) is 5.30. The molecule has 1 N–H and O–H groups in total. The Labute approximate surface area is 205 Å². The van der Waals surface area contributed by atoms with Crippen LogP contribution in [-0.2, 0) is 0 Å². The third kappa shape index (κ3) is 4.24. The summed E-state index contributed by atoms with van der Waals surface area (Å²) in [5.41, 5.74) is 1.45. The molecular weight excluding hydrogens is 456 g/mol. The van der Waals surface area contributed by atoms with Crippen molar-refractivity contribution in [2.24, 2.45) is 10.2 Å². The molecule has 0 aliphatic heterocycles. The fourth-order valence-electron chi connectivity index (χ4n) is 3.70. The number of rotatable bonds is 6. The van der Waals surface area contributed by atoms with Crippen LogP contribution in [-0.4, -0.2) is 32.8 Å². The number of hydrogen-bond donors (Lipinski definition) is 1. The van der Waals surface area contributed by atoms with Gasteiger partial charge in [0.15, 0.2) is 11.6 Å². The maximum Gasteiger partial charge on any atom is 0.260 e. The molecule has 5 rings (SSSR count). The van der Waals surface area contributed by atoms with Crippen molar-refractivity contribution in [3.8, 4) is 17.8 Å². The van der Waals surface area contributed by atoms with Crippen molar-refractivity contribution in [3.05, 3.63) is 96.4 Å². The predicted octanol–water partition coefficient (Wildman–Crippen LogP) is 5.36. The van der Waals surface area contributed by atoms with Gasteiger partial charge in [-0.3, -0.25) is 4.79 Å². The first-order chi connectivity index (χ1) is 17.7. The fraction of sp³-hybridized carbons (Fsp3) is 0.0385. The van der Waals surface area contributed by atoms with Crippen molar-refractivity contribution in [1.29, 1.82) is 5.26 Å². The summed E-state index contributed by atoms with van der Waals surface area (Å²) in [6, 6.07) is 22.0. The number of fused-ring (bicyclic) bond motifs is 1. The number of nitrogens with zero attached hydrogens (tertiary/aromatic N) is 7. The molecule has 1 amide bonds. The van der Waals surface area contributed by atoms with E-state index in [1.54, 1.807) is 36.7 Å². The number of para-hydroxylation sites is 1. The lowest BCUT2D eigenvalue weighted by atomic mass is 10.0. The Bertz CT molecular complexity index is 1620. The zero-order valence-electron chi connectivity index (χ0n) is 19.0. The number of aromatic nitrogens is 4. The maximum atomic E-state index is 13.4. The molecule has 10 nitrogen and oxygen atoms in total. The van der Waals surface area contributed by atoms with Crippen molar-refractivity contribution < 1.29 is 9.53 Å². The van der Waals surface area contributed by atoms with Gasteiger partial charge in [-0.05, 0) is 35.0 Å². The number of azo groups is 1. The lowest BCUT2D eigenvalue weighted by molar-refractivity contribution is 0.102. The molecule has 2 heterocycles. The molecule has 0 aliphatic carbocycles. The van der Waals surface area contributed by atoms with Gasteiger partial charge in [-0.1, -0.05) is 42.5 Å². The van der Waals surface area contributed by atoms with E-state index in [9.17, 15) is 10.1 Å². The molecule has 174 valence electrons. The summed E-state index contributed by atoms with van der Waals surface area (Å²) in [6.45, 7) is 0. The number of carbonyl (C=O) groups excluding carboxylic acids is 1. The molecule has 0 aliphatic rings. The van der Waals surface area contributed by atoms with E-state index in [2.05, 4.69) is 30.6 Å². The molecular formula is C26H18N8O2. The normalized spacial score (nSPS) is 10.9. The Kier molecular flexibility index (Phi) is 6.10. The lowest BCUT2D eigenvalue weighted by Gasteiger charge is -2.14. The minimum atomic E-state index is -0.355. The zero-order valence-corrected chi connectivity index (χ0v) is 19.0. The fourth-order valence-corrected chi connectivity index (χ4v) is 3.70. The second-order valence-electron chi connectivity index (χ2n) is 7.50. The standard InChI is InChI=1S/C26H18N8O2/c1-36-23-21(32-33-24-18(15-27)16-30-34(24)26-28-12-7-13-29-26)14-17-8-5-6-11-20(17)22(23)25(35)31-19-9-3-2-4-10-19/h2-14,16H,1H3,(H,31,35)/b33-32+. The predicted molar refractivity (Wildman–Crippen MR) is 133 cm³/mol. The number of ether oxygens (including phenoxy) is 1. The van der Waals surface area contributed by atoms with Crippen molar-refractivity contribution in [2.45, 2.75) is 0 Å². The largest absolute Gasteiger partial charge is 0.494 e. The van der Waals surface area contributed by atoms with Crippen LogP contribution in [0.25, 0.3) is 16.7 Å². The number of anilines is 1. The molecule has 0 saturated carbocycles. The molecule has 3 aromatic carbocycles. The first-order valence-corrected chi connectivity index (χ1v) is 10.8. The summed E-state index contributed by atoms with van der Waals surface area (Å²) in [7, 11) is 1.46. The van der Waals surface area contributed by atoms with Crippen LogP contribution in [0.2, 0.25) is 0 Å². The van der Waals surface area contributed by atoms with Gasteiger partial charge in [0.05, 0.1) is 18.9 Å². The van der Waals surface area contributed by atoms with Crippen LogP contribution in [0.3, 0.4) is 0 Å². The average molecular weight is 474 g/mol. The van der Waals surface area contributed by atoms with E-state index in [4.69, 9.17) is 4.74 Å². The average Bonchev–Trinajstić information content (AvgIpc) is 3.34. The van der Waals surface area contributed by atoms with Crippen molar-refractivity contribution in [1.82, 2.24) is 19.7 Å². The summed E-state index contributed by atoms with van der Waals surface area (Å²) >= 11 is 0. The number of methoxy groups -OCH3 is 1. The van der Waals surface area contributed by atoms with E-state index in [0.717, 1.165) is 5.39 Å². The quantitative estimate of drug-likeness (QED) is 0.330. The Morgan fingerprint density at radius 3 is 2.53 bits per heavy atom. The van der Waals surface area contributed by atoms with E-state index in [-0.39, 0.29) is 29.0 Å². The molecule has 0 spiro atoms. The summed E-state index contributed by atoms with van der Waals surface area (Å²) in [5.74, 6) is 0.272. The second-order valence-corrected chi connectivity index (χ2v) is 7.50. The summed E-state index contributed by atoms with van der Waals surface area (Å²) < 4.78 is 6.98. The molecule has 0 radical (unpaired) electrons. The smallest absolute Gasteiger partial charge is 0.260 e. The second kappa shape index (κ2) is 9.82. The number of hydrogen-bond acceptors (Lipinski definition) is 8. The molecule has 0 unspecified atom stereocenters. The highest BCUT2D eigenvalue weighted by atomic mass is 16.5. The van der Waals surface area contributed by atoms with Crippen LogP contribution >= 0.6 is 0 Å². The van der Waals surface area contributed by atoms with Crippen molar-refractivity contribution >= 4 is 33.9 Å². The van der Waals surface area contributed by atoms with Gasteiger partial charge in [-0.25, -0.2) is 9.97 Å². The SMILES string of the molecule is COc1c(/N=N/c2c(C#N)cnn2-c2ncccn2)cc2ccccc2c1C(=O)Nc1ccccc1.